The molecule has 1 saturated heterocycles. The Morgan fingerprint density at radius 3 is 2.60 bits per heavy atom. The topological polar surface area (TPSA) is 46.6 Å². The SMILES string of the molecule is CC(C)(C)OC(=O)N1CC[C@H](F)[C@H]1C=O. The zero-order valence-electron chi connectivity index (χ0n) is 9.20. The molecule has 4 nitrogen and oxygen atoms in total. The largest absolute Gasteiger partial charge is 0.444 e. The Balaban J connectivity index is 2.64. The number of carbonyl (C=O) groups excluding carboxylic acids is 2. The van der Waals surface area contributed by atoms with Crippen LogP contribution in [0.15, 0.2) is 0 Å². The lowest BCUT2D eigenvalue weighted by Crippen LogP contribution is -2.42. The summed E-state index contributed by atoms with van der Waals surface area (Å²) in [6, 6.07) is -0.986. The van der Waals surface area contributed by atoms with Crippen molar-refractivity contribution in [2.45, 2.75) is 45.0 Å². The van der Waals surface area contributed by atoms with Crippen LogP contribution in [0.1, 0.15) is 27.2 Å². The number of likely N-dealkylation sites (tertiary alicyclic amines) is 1. The van der Waals surface area contributed by atoms with E-state index in [4.69, 9.17) is 4.74 Å². The van der Waals surface area contributed by atoms with Crippen LogP contribution in [0.2, 0.25) is 0 Å². The molecule has 1 aliphatic heterocycles. The maximum absolute atomic E-state index is 13.2. The minimum Gasteiger partial charge on any atom is -0.444 e. The van der Waals surface area contributed by atoms with E-state index in [0.29, 0.717) is 6.29 Å². The summed E-state index contributed by atoms with van der Waals surface area (Å²) in [6.07, 6.45) is -1.24. The van der Waals surface area contributed by atoms with Gasteiger partial charge in [-0.25, -0.2) is 9.18 Å². The third-order valence-corrected chi connectivity index (χ3v) is 2.14. The van der Waals surface area contributed by atoms with Crippen LogP contribution in [0, 0.1) is 0 Å². The fraction of sp³-hybridized carbons (Fsp3) is 0.800. The molecule has 2 atom stereocenters. The predicted molar refractivity (Wildman–Crippen MR) is 52.3 cm³/mol. The lowest BCUT2D eigenvalue weighted by atomic mass is 10.2. The molecule has 0 radical (unpaired) electrons. The van der Waals surface area contributed by atoms with Crippen molar-refractivity contribution in [1.29, 1.82) is 0 Å². The average molecular weight is 217 g/mol. The van der Waals surface area contributed by atoms with Gasteiger partial charge >= 0.3 is 6.09 Å². The van der Waals surface area contributed by atoms with Gasteiger partial charge in [0.2, 0.25) is 0 Å². The zero-order chi connectivity index (χ0) is 11.6. The number of ether oxygens (including phenoxy) is 1. The molecule has 1 amide bonds. The molecule has 1 heterocycles. The molecule has 1 aliphatic rings. The Bertz CT molecular complexity index is 262. The van der Waals surface area contributed by atoms with Gasteiger partial charge in [-0.3, -0.25) is 4.90 Å². The van der Waals surface area contributed by atoms with E-state index in [1.807, 2.05) is 0 Å². The first-order valence-electron chi connectivity index (χ1n) is 4.94. The van der Waals surface area contributed by atoms with Gasteiger partial charge in [0.1, 0.15) is 24.1 Å². The molecule has 0 aromatic carbocycles. The van der Waals surface area contributed by atoms with Gasteiger partial charge < -0.3 is 9.53 Å². The molecule has 0 N–H and O–H groups in total. The van der Waals surface area contributed by atoms with Gasteiger partial charge in [0.15, 0.2) is 0 Å². The first-order valence-corrected chi connectivity index (χ1v) is 4.94. The van der Waals surface area contributed by atoms with E-state index in [1.54, 1.807) is 20.8 Å². The van der Waals surface area contributed by atoms with Gasteiger partial charge in [0.25, 0.3) is 0 Å². The first kappa shape index (κ1) is 11.9. The number of hydrogen-bond donors (Lipinski definition) is 0. The van der Waals surface area contributed by atoms with Crippen LogP contribution in [0.25, 0.3) is 0 Å². The van der Waals surface area contributed by atoms with Gasteiger partial charge in [-0.2, -0.15) is 0 Å². The highest BCUT2D eigenvalue weighted by Crippen LogP contribution is 2.22. The predicted octanol–water partition coefficient (Wildman–Crippen LogP) is 1.53. The summed E-state index contributed by atoms with van der Waals surface area (Å²) in [5.41, 5.74) is -0.626. The van der Waals surface area contributed by atoms with Crippen molar-refractivity contribution in [3.05, 3.63) is 0 Å². The van der Waals surface area contributed by atoms with Crippen molar-refractivity contribution in [2.75, 3.05) is 6.54 Å². The molecule has 0 unspecified atom stereocenters. The number of alkyl halides is 1. The smallest absolute Gasteiger partial charge is 0.410 e. The van der Waals surface area contributed by atoms with Crippen molar-refractivity contribution in [2.24, 2.45) is 0 Å². The number of amides is 1. The second-order valence-electron chi connectivity index (χ2n) is 4.61. The Hall–Kier alpha value is -1.13. The minimum absolute atomic E-state index is 0.197. The van der Waals surface area contributed by atoms with E-state index in [1.165, 1.54) is 0 Å². The average Bonchev–Trinajstić information content (AvgIpc) is 2.43. The van der Waals surface area contributed by atoms with E-state index < -0.39 is 23.9 Å². The van der Waals surface area contributed by atoms with E-state index in [2.05, 4.69) is 0 Å². The van der Waals surface area contributed by atoms with E-state index in [0.717, 1.165) is 4.90 Å². The number of rotatable bonds is 1. The van der Waals surface area contributed by atoms with Crippen molar-refractivity contribution >= 4 is 12.4 Å². The number of nitrogens with zero attached hydrogens (tertiary/aromatic N) is 1. The maximum Gasteiger partial charge on any atom is 0.410 e. The Morgan fingerprint density at radius 1 is 1.53 bits per heavy atom. The molecule has 0 aliphatic carbocycles. The summed E-state index contributed by atoms with van der Waals surface area (Å²) in [7, 11) is 0. The number of carbonyl (C=O) groups is 2. The minimum atomic E-state index is -1.27. The van der Waals surface area contributed by atoms with Crippen molar-refractivity contribution in [3.63, 3.8) is 0 Å². The van der Waals surface area contributed by atoms with Crippen LogP contribution in [-0.2, 0) is 9.53 Å². The summed E-state index contributed by atoms with van der Waals surface area (Å²) >= 11 is 0. The van der Waals surface area contributed by atoms with Crippen LogP contribution in [0.3, 0.4) is 0 Å². The Morgan fingerprint density at radius 2 is 2.13 bits per heavy atom. The van der Waals surface area contributed by atoms with Gasteiger partial charge in [-0.1, -0.05) is 0 Å². The van der Waals surface area contributed by atoms with E-state index >= 15 is 0 Å². The van der Waals surface area contributed by atoms with Crippen LogP contribution in [-0.4, -0.2) is 41.6 Å². The second-order valence-corrected chi connectivity index (χ2v) is 4.61. The molecule has 1 fully saturated rings. The van der Waals surface area contributed by atoms with Crippen molar-refractivity contribution < 1.29 is 18.7 Å². The third-order valence-electron chi connectivity index (χ3n) is 2.14. The summed E-state index contributed by atoms with van der Waals surface area (Å²) in [6.45, 7) is 5.41. The Labute approximate surface area is 88.4 Å². The Kier molecular flexibility index (Phi) is 3.31. The molecule has 15 heavy (non-hydrogen) atoms. The standard InChI is InChI=1S/C10H16FNO3/c1-10(2,3)15-9(14)12-5-4-7(11)8(12)6-13/h6-8H,4-5H2,1-3H3/t7-,8+/m0/s1. The van der Waals surface area contributed by atoms with E-state index in [9.17, 15) is 14.0 Å². The number of halogens is 1. The molecule has 86 valence electrons. The van der Waals surface area contributed by atoms with Crippen LogP contribution >= 0.6 is 0 Å². The summed E-state index contributed by atoms with van der Waals surface area (Å²) in [5, 5.41) is 0. The molecule has 0 aromatic heterocycles. The number of aldehydes is 1. The van der Waals surface area contributed by atoms with Gasteiger partial charge in [0, 0.05) is 6.54 Å². The molecular formula is C10H16FNO3. The normalized spacial score (nSPS) is 26.5. The molecule has 0 aromatic rings. The summed E-state index contributed by atoms with van der Waals surface area (Å²) in [4.78, 5) is 23.3. The zero-order valence-corrected chi connectivity index (χ0v) is 9.20. The molecule has 0 bridgehead atoms. The molecule has 5 heteroatoms. The first-order chi connectivity index (χ1) is 6.85. The fourth-order valence-electron chi connectivity index (χ4n) is 1.47. The molecule has 0 saturated carbocycles. The second kappa shape index (κ2) is 4.16. The quantitative estimate of drug-likeness (QED) is 0.626. The fourth-order valence-corrected chi connectivity index (χ4v) is 1.47. The highest BCUT2D eigenvalue weighted by molar-refractivity contribution is 5.75. The van der Waals surface area contributed by atoms with Crippen molar-refractivity contribution in [3.8, 4) is 0 Å². The van der Waals surface area contributed by atoms with Gasteiger partial charge in [-0.05, 0) is 27.2 Å². The lowest BCUT2D eigenvalue weighted by molar-refractivity contribution is -0.112. The van der Waals surface area contributed by atoms with Crippen molar-refractivity contribution in [1.82, 2.24) is 4.90 Å². The summed E-state index contributed by atoms with van der Waals surface area (Å²) in [5.74, 6) is 0. The van der Waals surface area contributed by atoms with Crippen LogP contribution in [0.4, 0.5) is 9.18 Å². The van der Waals surface area contributed by atoms with Crippen LogP contribution in [0.5, 0.6) is 0 Å². The van der Waals surface area contributed by atoms with Gasteiger partial charge in [0.05, 0.1) is 0 Å². The number of hydrogen-bond acceptors (Lipinski definition) is 3. The maximum atomic E-state index is 13.2. The molecule has 0 spiro atoms. The monoisotopic (exact) mass is 217 g/mol. The van der Waals surface area contributed by atoms with E-state index in [-0.39, 0.29) is 13.0 Å². The third kappa shape index (κ3) is 2.91. The lowest BCUT2D eigenvalue weighted by Gasteiger charge is -2.26. The highest BCUT2D eigenvalue weighted by atomic mass is 19.1. The van der Waals surface area contributed by atoms with Gasteiger partial charge in [-0.15, -0.1) is 0 Å². The molecular weight excluding hydrogens is 201 g/mol. The summed E-state index contributed by atoms with van der Waals surface area (Å²) < 4.78 is 18.2. The molecule has 1 rings (SSSR count). The highest BCUT2D eigenvalue weighted by Gasteiger charge is 2.39. The van der Waals surface area contributed by atoms with Crippen LogP contribution < -0.4 is 0 Å².